The molecule has 1 aromatic heterocycles. The maximum Gasteiger partial charge on any atom is 0.340 e. The van der Waals surface area contributed by atoms with Crippen LogP contribution in [0.25, 0.3) is 10.9 Å². The molecule has 6 heteroatoms. The van der Waals surface area contributed by atoms with Gasteiger partial charge in [0.05, 0.1) is 12.2 Å². The largest absolute Gasteiger partial charge is 0.491 e. The lowest BCUT2D eigenvalue weighted by Crippen LogP contribution is -2.42. The van der Waals surface area contributed by atoms with E-state index >= 15 is 0 Å². The number of β-amino-alcohol motifs (C(OH)–C–C–N with tert-alkyl or cyclic N) is 1. The van der Waals surface area contributed by atoms with E-state index in [1.54, 1.807) is 6.92 Å². The molecule has 0 aliphatic carbocycles. The highest BCUT2D eigenvalue weighted by atomic mass is 16.5. The van der Waals surface area contributed by atoms with Crippen molar-refractivity contribution < 1.29 is 19.4 Å². The molecule has 0 fully saturated rings. The van der Waals surface area contributed by atoms with Crippen molar-refractivity contribution in [1.29, 1.82) is 0 Å². The zero-order valence-electron chi connectivity index (χ0n) is 19.6. The highest BCUT2D eigenvalue weighted by Crippen LogP contribution is 2.31. The number of carbonyl (C=O) groups excluding carboxylic acids is 1. The number of fused-ring (bicyclic) bond motifs is 1. The molecule has 0 aliphatic rings. The topological polar surface area (TPSA) is 72.7 Å². The van der Waals surface area contributed by atoms with Crippen LogP contribution in [0.4, 0.5) is 0 Å². The van der Waals surface area contributed by atoms with Gasteiger partial charge in [0.25, 0.3) is 0 Å². The zero-order chi connectivity index (χ0) is 23.3. The Morgan fingerprint density at radius 1 is 1.16 bits per heavy atom. The average Bonchev–Trinajstić information content (AvgIpc) is 3.02. The highest BCUT2D eigenvalue weighted by molar-refractivity contribution is 6.06. The SMILES string of the molecule is CCOC(=O)c1c(C)n(Cc2ccccc2)c2ccc(OC[C@@H](O)CNC(C)(C)C)cc12. The van der Waals surface area contributed by atoms with Gasteiger partial charge in [-0.25, -0.2) is 4.79 Å². The van der Waals surface area contributed by atoms with Crippen LogP contribution in [0.1, 0.15) is 49.3 Å². The summed E-state index contributed by atoms with van der Waals surface area (Å²) in [7, 11) is 0. The van der Waals surface area contributed by atoms with Crippen LogP contribution in [0.5, 0.6) is 5.75 Å². The third-order valence-electron chi connectivity index (χ3n) is 5.27. The predicted molar refractivity (Wildman–Crippen MR) is 127 cm³/mol. The molecule has 0 aliphatic heterocycles. The van der Waals surface area contributed by atoms with Crippen molar-refractivity contribution in [3.63, 3.8) is 0 Å². The lowest BCUT2D eigenvalue weighted by molar-refractivity contribution is 0.0527. The first kappa shape index (κ1) is 23.8. The van der Waals surface area contributed by atoms with E-state index in [2.05, 4.69) is 22.0 Å². The van der Waals surface area contributed by atoms with Crippen LogP contribution in [0.15, 0.2) is 48.5 Å². The molecule has 1 heterocycles. The fraction of sp³-hybridized carbons (Fsp3) is 0.423. The van der Waals surface area contributed by atoms with Crippen LogP contribution in [-0.2, 0) is 11.3 Å². The predicted octanol–water partition coefficient (Wildman–Crippen LogP) is 4.30. The van der Waals surface area contributed by atoms with Crippen LogP contribution < -0.4 is 10.1 Å². The van der Waals surface area contributed by atoms with Gasteiger partial charge >= 0.3 is 5.97 Å². The number of ether oxygens (including phenoxy) is 2. The summed E-state index contributed by atoms with van der Waals surface area (Å²) in [6, 6.07) is 15.8. The van der Waals surface area contributed by atoms with Crippen molar-refractivity contribution in [2.45, 2.75) is 52.8 Å². The summed E-state index contributed by atoms with van der Waals surface area (Å²) in [5, 5.41) is 14.3. The fourth-order valence-electron chi connectivity index (χ4n) is 3.66. The molecule has 32 heavy (non-hydrogen) atoms. The van der Waals surface area contributed by atoms with Crippen molar-refractivity contribution >= 4 is 16.9 Å². The second-order valence-electron chi connectivity index (χ2n) is 9.03. The van der Waals surface area contributed by atoms with Gasteiger partial charge < -0.3 is 24.5 Å². The number of hydrogen-bond donors (Lipinski definition) is 2. The van der Waals surface area contributed by atoms with E-state index in [1.165, 1.54) is 0 Å². The van der Waals surface area contributed by atoms with Gasteiger partial charge in [0.1, 0.15) is 18.5 Å². The number of carbonyl (C=O) groups is 1. The first-order valence-corrected chi connectivity index (χ1v) is 11.1. The molecule has 0 spiro atoms. The molecule has 0 unspecified atom stereocenters. The summed E-state index contributed by atoms with van der Waals surface area (Å²) in [4.78, 5) is 12.8. The molecule has 0 saturated heterocycles. The normalized spacial score (nSPS) is 12.7. The van der Waals surface area contributed by atoms with Gasteiger partial charge in [0.15, 0.2) is 0 Å². The van der Waals surface area contributed by atoms with Gasteiger partial charge in [-0.1, -0.05) is 30.3 Å². The molecule has 0 bridgehead atoms. The number of esters is 1. The summed E-state index contributed by atoms with van der Waals surface area (Å²) in [6.45, 7) is 11.5. The van der Waals surface area contributed by atoms with Crippen LogP contribution in [0.2, 0.25) is 0 Å². The maximum atomic E-state index is 12.8. The lowest BCUT2D eigenvalue weighted by Gasteiger charge is -2.23. The zero-order valence-corrected chi connectivity index (χ0v) is 19.6. The van der Waals surface area contributed by atoms with Crippen molar-refractivity contribution in [3.8, 4) is 5.75 Å². The minimum atomic E-state index is -0.640. The van der Waals surface area contributed by atoms with Crippen LogP contribution in [0, 0.1) is 6.92 Å². The van der Waals surface area contributed by atoms with E-state index in [9.17, 15) is 9.90 Å². The molecule has 2 aromatic carbocycles. The monoisotopic (exact) mass is 438 g/mol. The first-order chi connectivity index (χ1) is 15.2. The first-order valence-electron chi connectivity index (χ1n) is 11.1. The number of aromatic nitrogens is 1. The third-order valence-corrected chi connectivity index (χ3v) is 5.27. The summed E-state index contributed by atoms with van der Waals surface area (Å²) in [6.07, 6.45) is -0.640. The highest BCUT2D eigenvalue weighted by Gasteiger charge is 2.22. The molecule has 0 radical (unpaired) electrons. The fourth-order valence-corrected chi connectivity index (χ4v) is 3.66. The van der Waals surface area contributed by atoms with E-state index in [4.69, 9.17) is 9.47 Å². The second kappa shape index (κ2) is 10.2. The Balaban J connectivity index is 1.89. The smallest absolute Gasteiger partial charge is 0.340 e. The summed E-state index contributed by atoms with van der Waals surface area (Å²) >= 11 is 0. The maximum absolute atomic E-state index is 12.8. The number of nitrogens with one attached hydrogen (secondary N) is 1. The molecule has 3 aromatic rings. The van der Waals surface area contributed by atoms with Crippen molar-refractivity contribution in [3.05, 3.63) is 65.4 Å². The van der Waals surface area contributed by atoms with E-state index < -0.39 is 6.10 Å². The Labute approximate surface area is 190 Å². The molecular weight excluding hydrogens is 404 g/mol. The quantitative estimate of drug-likeness (QED) is 0.487. The Bertz CT molecular complexity index is 1050. The van der Waals surface area contributed by atoms with Gasteiger partial charge in [0.2, 0.25) is 0 Å². The Morgan fingerprint density at radius 3 is 2.53 bits per heavy atom. The molecule has 1 atom stereocenters. The van der Waals surface area contributed by atoms with E-state index in [0.29, 0.717) is 31.0 Å². The molecule has 0 amide bonds. The van der Waals surface area contributed by atoms with E-state index in [1.807, 2.05) is 64.1 Å². The van der Waals surface area contributed by atoms with Gasteiger partial charge in [-0.15, -0.1) is 0 Å². The third kappa shape index (κ3) is 5.90. The summed E-state index contributed by atoms with van der Waals surface area (Å²) in [5.74, 6) is 0.267. The average molecular weight is 439 g/mol. The van der Waals surface area contributed by atoms with Gasteiger partial charge in [-0.05, 0) is 58.4 Å². The Hall–Kier alpha value is -2.83. The van der Waals surface area contributed by atoms with Crippen molar-refractivity contribution in [2.75, 3.05) is 19.8 Å². The number of benzene rings is 2. The van der Waals surface area contributed by atoms with Gasteiger partial charge in [0, 0.05) is 35.2 Å². The van der Waals surface area contributed by atoms with Crippen LogP contribution >= 0.6 is 0 Å². The number of aliphatic hydroxyl groups excluding tert-OH is 1. The number of aliphatic hydroxyl groups is 1. The molecule has 6 nitrogen and oxygen atoms in total. The number of nitrogens with zero attached hydrogens (tertiary/aromatic N) is 1. The summed E-state index contributed by atoms with van der Waals surface area (Å²) < 4.78 is 13.3. The molecule has 3 rings (SSSR count). The molecular formula is C26H34N2O4. The van der Waals surface area contributed by atoms with Crippen LogP contribution in [0.3, 0.4) is 0 Å². The molecule has 172 valence electrons. The summed E-state index contributed by atoms with van der Waals surface area (Å²) in [5.41, 5.74) is 3.43. The second-order valence-corrected chi connectivity index (χ2v) is 9.03. The van der Waals surface area contributed by atoms with Crippen molar-refractivity contribution in [1.82, 2.24) is 9.88 Å². The molecule has 0 saturated carbocycles. The van der Waals surface area contributed by atoms with E-state index in [-0.39, 0.29) is 18.1 Å². The van der Waals surface area contributed by atoms with E-state index in [0.717, 1.165) is 22.2 Å². The lowest BCUT2D eigenvalue weighted by atomic mass is 10.1. The van der Waals surface area contributed by atoms with Crippen molar-refractivity contribution in [2.24, 2.45) is 0 Å². The Kier molecular flexibility index (Phi) is 7.59. The minimum Gasteiger partial charge on any atom is -0.491 e. The Morgan fingerprint density at radius 2 is 1.88 bits per heavy atom. The van der Waals surface area contributed by atoms with Crippen LogP contribution in [-0.4, -0.2) is 47.0 Å². The number of hydrogen-bond acceptors (Lipinski definition) is 5. The minimum absolute atomic E-state index is 0.0758. The molecule has 2 N–H and O–H groups in total. The number of rotatable bonds is 9. The van der Waals surface area contributed by atoms with Gasteiger partial charge in [-0.2, -0.15) is 0 Å². The van der Waals surface area contributed by atoms with Gasteiger partial charge in [-0.3, -0.25) is 0 Å². The standard InChI is InChI=1S/C26H34N2O4/c1-6-31-25(30)24-18(2)28(16-19-10-8-7-9-11-19)23-13-12-21(14-22(23)24)32-17-20(29)15-27-26(3,4)5/h7-14,20,27,29H,6,15-17H2,1-5H3/t20-/m0/s1.